The highest BCUT2D eigenvalue weighted by atomic mass is 35.5. The Morgan fingerprint density at radius 1 is 1.44 bits per heavy atom. The molecule has 2 nitrogen and oxygen atoms in total. The van der Waals surface area contributed by atoms with Gasteiger partial charge >= 0.3 is 0 Å². The molecule has 1 aromatic rings. The summed E-state index contributed by atoms with van der Waals surface area (Å²) in [7, 11) is 0. The quantitative estimate of drug-likeness (QED) is 0.905. The molecule has 2 aliphatic rings. The van der Waals surface area contributed by atoms with E-state index in [0.29, 0.717) is 11.7 Å². The van der Waals surface area contributed by atoms with Crippen LogP contribution in [0.25, 0.3) is 0 Å². The van der Waals surface area contributed by atoms with Crippen LogP contribution in [0.1, 0.15) is 25.7 Å². The van der Waals surface area contributed by atoms with Crippen LogP contribution < -0.4 is 10.1 Å². The molecule has 1 heterocycles. The van der Waals surface area contributed by atoms with E-state index in [1.165, 1.54) is 12.5 Å². The zero-order valence-corrected chi connectivity index (χ0v) is 11.0. The number of hydrogen-bond donors (Lipinski definition) is 1. The first-order valence-electron chi connectivity index (χ1n) is 6.52. The minimum Gasteiger partial charge on any atom is -0.487 e. The van der Waals surface area contributed by atoms with E-state index in [4.69, 9.17) is 16.3 Å². The lowest BCUT2D eigenvalue weighted by molar-refractivity contribution is 0.147. The Bertz CT molecular complexity index is 441. The Kier molecular flexibility index (Phi) is 3.20. The van der Waals surface area contributed by atoms with E-state index < -0.39 is 5.82 Å². The van der Waals surface area contributed by atoms with Crippen molar-refractivity contribution < 1.29 is 9.13 Å². The van der Waals surface area contributed by atoms with E-state index in [-0.39, 0.29) is 10.6 Å². The summed E-state index contributed by atoms with van der Waals surface area (Å²) in [4.78, 5) is 0. The van der Waals surface area contributed by atoms with Gasteiger partial charge in [-0.2, -0.15) is 0 Å². The summed E-state index contributed by atoms with van der Waals surface area (Å²) < 4.78 is 19.3. The van der Waals surface area contributed by atoms with Crippen molar-refractivity contribution in [2.75, 3.05) is 13.1 Å². The third-order valence-corrected chi connectivity index (χ3v) is 4.16. The van der Waals surface area contributed by atoms with Crippen molar-refractivity contribution in [3.63, 3.8) is 0 Å². The lowest BCUT2D eigenvalue weighted by Crippen LogP contribution is -2.23. The number of rotatable bonds is 4. The van der Waals surface area contributed by atoms with Gasteiger partial charge in [0, 0.05) is 6.07 Å². The number of hydrogen-bond acceptors (Lipinski definition) is 2. The molecule has 98 valence electrons. The second-order valence-corrected chi connectivity index (χ2v) is 5.83. The van der Waals surface area contributed by atoms with Crippen LogP contribution in [-0.2, 0) is 0 Å². The third-order valence-electron chi connectivity index (χ3n) is 3.86. The summed E-state index contributed by atoms with van der Waals surface area (Å²) in [6.45, 7) is 2.19. The molecule has 1 N–H and O–H groups in total. The van der Waals surface area contributed by atoms with E-state index in [0.717, 1.165) is 32.4 Å². The van der Waals surface area contributed by atoms with Crippen LogP contribution in [-0.4, -0.2) is 18.7 Å². The van der Waals surface area contributed by atoms with Crippen LogP contribution >= 0.6 is 11.6 Å². The molecule has 2 fully saturated rings. The molecule has 1 atom stereocenters. The monoisotopic (exact) mass is 269 g/mol. The molecule has 1 aliphatic heterocycles. The van der Waals surface area contributed by atoms with Crippen molar-refractivity contribution in [3.8, 4) is 5.75 Å². The number of benzene rings is 1. The first kappa shape index (κ1) is 12.2. The third kappa shape index (κ3) is 2.62. The van der Waals surface area contributed by atoms with E-state index in [1.807, 2.05) is 0 Å². The largest absolute Gasteiger partial charge is 0.487 e. The maximum atomic E-state index is 13.4. The first-order valence-corrected chi connectivity index (χ1v) is 6.89. The summed E-state index contributed by atoms with van der Waals surface area (Å²) in [5.74, 6) is 0.887. The van der Waals surface area contributed by atoms with Crippen molar-refractivity contribution in [1.29, 1.82) is 0 Å². The molecule has 0 amide bonds. The van der Waals surface area contributed by atoms with Gasteiger partial charge in [-0.25, -0.2) is 4.39 Å². The molecule has 4 heteroatoms. The molecule has 1 unspecified atom stereocenters. The van der Waals surface area contributed by atoms with Crippen LogP contribution in [0.3, 0.4) is 0 Å². The summed E-state index contributed by atoms with van der Waals surface area (Å²) in [5.41, 5.74) is -0.0447. The summed E-state index contributed by atoms with van der Waals surface area (Å²) in [6, 6.07) is 4.69. The van der Waals surface area contributed by atoms with Crippen molar-refractivity contribution in [3.05, 3.63) is 29.0 Å². The maximum absolute atomic E-state index is 13.4. The average molecular weight is 270 g/mol. The molecular formula is C14H17ClFNO. The van der Waals surface area contributed by atoms with E-state index in [9.17, 15) is 4.39 Å². The fraction of sp³-hybridized carbons (Fsp3) is 0.571. The van der Waals surface area contributed by atoms with Gasteiger partial charge in [0.05, 0.1) is 5.02 Å². The zero-order valence-electron chi connectivity index (χ0n) is 10.2. The van der Waals surface area contributed by atoms with Gasteiger partial charge in [0.2, 0.25) is 0 Å². The van der Waals surface area contributed by atoms with Crippen molar-refractivity contribution in [1.82, 2.24) is 5.32 Å². The van der Waals surface area contributed by atoms with Gasteiger partial charge in [0.15, 0.2) is 0 Å². The molecule has 0 radical (unpaired) electrons. The topological polar surface area (TPSA) is 21.3 Å². The Balaban J connectivity index is 1.65. The van der Waals surface area contributed by atoms with Gasteiger partial charge in [-0.05, 0) is 56.8 Å². The molecule has 3 rings (SSSR count). The maximum Gasteiger partial charge on any atom is 0.145 e. The number of nitrogens with one attached hydrogen (secondary N) is 1. The lowest BCUT2D eigenvalue weighted by atomic mass is 9.99. The van der Waals surface area contributed by atoms with Gasteiger partial charge < -0.3 is 10.1 Å². The molecular weight excluding hydrogens is 253 g/mol. The Morgan fingerprint density at radius 3 is 2.89 bits per heavy atom. The first-order chi connectivity index (χ1) is 8.67. The van der Waals surface area contributed by atoms with Crippen molar-refractivity contribution in [2.45, 2.75) is 31.3 Å². The van der Waals surface area contributed by atoms with Crippen LogP contribution in [0.2, 0.25) is 5.02 Å². The van der Waals surface area contributed by atoms with Crippen LogP contribution in [0.15, 0.2) is 18.2 Å². The fourth-order valence-corrected chi connectivity index (χ4v) is 2.81. The van der Waals surface area contributed by atoms with Crippen LogP contribution in [0, 0.1) is 11.7 Å². The molecule has 1 saturated heterocycles. The highest BCUT2D eigenvalue weighted by Crippen LogP contribution is 2.46. The highest BCUT2D eigenvalue weighted by molar-refractivity contribution is 6.30. The smallest absolute Gasteiger partial charge is 0.145 e. The molecule has 1 aliphatic carbocycles. The standard InChI is InChI=1S/C14H17ClFNO/c15-12-2-1-11(7-13(12)16)18-14(4-5-14)8-10-3-6-17-9-10/h1-2,7,10,17H,3-6,8-9H2. The van der Waals surface area contributed by atoms with Gasteiger partial charge in [-0.1, -0.05) is 11.6 Å². The lowest BCUT2D eigenvalue weighted by Gasteiger charge is -2.21. The minimum absolute atomic E-state index is 0.0447. The molecule has 1 saturated carbocycles. The second kappa shape index (κ2) is 4.71. The summed E-state index contributed by atoms with van der Waals surface area (Å²) >= 11 is 5.67. The van der Waals surface area contributed by atoms with E-state index in [2.05, 4.69) is 5.32 Å². The van der Waals surface area contributed by atoms with E-state index in [1.54, 1.807) is 12.1 Å². The van der Waals surface area contributed by atoms with Gasteiger partial charge in [-0.3, -0.25) is 0 Å². The fourth-order valence-electron chi connectivity index (χ4n) is 2.69. The van der Waals surface area contributed by atoms with Gasteiger partial charge in [0.1, 0.15) is 17.2 Å². The normalized spacial score (nSPS) is 25.1. The predicted molar refractivity (Wildman–Crippen MR) is 69.6 cm³/mol. The molecule has 1 aromatic carbocycles. The van der Waals surface area contributed by atoms with Crippen molar-refractivity contribution >= 4 is 11.6 Å². The Morgan fingerprint density at radius 2 is 2.28 bits per heavy atom. The number of halogens is 2. The van der Waals surface area contributed by atoms with Gasteiger partial charge in [-0.15, -0.1) is 0 Å². The van der Waals surface area contributed by atoms with Crippen LogP contribution in [0.4, 0.5) is 4.39 Å². The highest BCUT2D eigenvalue weighted by Gasteiger charge is 2.47. The van der Waals surface area contributed by atoms with Gasteiger partial charge in [0.25, 0.3) is 0 Å². The molecule has 0 spiro atoms. The summed E-state index contributed by atoms with van der Waals surface area (Å²) in [5, 5.41) is 3.52. The SMILES string of the molecule is Fc1cc(OC2(CC3CCNC3)CC2)ccc1Cl. The molecule has 18 heavy (non-hydrogen) atoms. The Labute approximate surface area is 111 Å². The minimum atomic E-state index is -0.410. The summed E-state index contributed by atoms with van der Waals surface area (Å²) in [6.07, 6.45) is 4.45. The second-order valence-electron chi connectivity index (χ2n) is 5.42. The zero-order chi connectivity index (χ0) is 12.6. The van der Waals surface area contributed by atoms with Crippen LogP contribution in [0.5, 0.6) is 5.75 Å². The molecule has 0 bridgehead atoms. The van der Waals surface area contributed by atoms with E-state index >= 15 is 0 Å². The average Bonchev–Trinajstić information content (AvgIpc) is 2.88. The number of ether oxygens (including phenoxy) is 1. The molecule has 0 aromatic heterocycles. The Hall–Kier alpha value is -0.800. The predicted octanol–water partition coefficient (Wildman–Crippen LogP) is 3.39. The van der Waals surface area contributed by atoms with Crippen molar-refractivity contribution in [2.24, 2.45) is 5.92 Å².